The molecule has 2 heterocycles. The number of aromatic nitrogens is 1. The van der Waals surface area contributed by atoms with Gasteiger partial charge in [0.2, 0.25) is 0 Å². The second kappa shape index (κ2) is 11.5. The van der Waals surface area contributed by atoms with Crippen LogP contribution >= 0.6 is 0 Å². The van der Waals surface area contributed by atoms with E-state index in [4.69, 9.17) is 4.74 Å². The number of aliphatic imine (C=N–C) groups is 1. The molecule has 7 nitrogen and oxygen atoms in total. The van der Waals surface area contributed by atoms with Crippen LogP contribution in [-0.2, 0) is 6.54 Å². The molecule has 1 atom stereocenters. The van der Waals surface area contributed by atoms with Crippen LogP contribution in [0.25, 0.3) is 0 Å². The zero-order valence-corrected chi connectivity index (χ0v) is 18.6. The lowest BCUT2D eigenvalue weighted by atomic mass is 10.2. The number of rotatable bonds is 9. The molecule has 168 valence electrons. The van der Waals surface area contributed by atoms with Gasteiger partial charge in [-0.05, 0) is 56.8 Å². The molecule has 0 spiro atoms. The Morgan fingerprint density at radius 1 is 1.29 bits per heavy atom. The molecule has 3 rings (SSSR count). The van der Waals surface area contributed by atoms with Crippen molar-refractivity contribution in [3.63, 3.8) is 0 Å². The van der Waals surface area contributed by atoms with Crippen LogP contribution in [0.3, 0.4) is 0 Å². The minimum absolute atomic E-state index is 0.186. The summed E-state index contributed by atoms with van der Waals surface area (Å²) in [5.74, 6) is 1.75. The number of hydrogen-bond donors (Lipinski definition) is 2. The van der Waals surface area contributed by atoms with E-state index < -0.39 is 0 Å². The molecule has 0 bridgehead atoms. The van der Waals surface area contributed by atoms with Crippen LogP contribution < -0.4 is 20.3 Å². The molecule has 1 aliphatic heterocycles. The summed E-state index contributed by atoms with van der Waals surface area (Å²) in [5, 5.41) is 6.78. The molecule has 8 heteroatoms. The molecule has 0 amide bonds. The average molecular weight is 429 g/mol. The van der Waals surface area contributed by atoms with Crippen LogP contribution in [0.1, 0.15) is 18.4 Å². The normalized spacial score (nSPS) is 16.6. The lowest BCUT2D eigenvalue weighted by molar-refractivity contribution is 0.281. The summed E-state index contributed by atoms with van der Waals surface area (Å²) in [5.41, 5.74) is 1.15. The van der Waals surface area contributed by atoms with Gasteiger partial charge >= 0.3 is 0 Å². The summed E-state index contributed by atoms with van der Waals surface area (Å²) >= 11 is 0. The highest BCUT2D eigenvalue weighted by Crippen LogP contribution is 2.20. The Hall–Kier alpha value is -2.87. The number of hydrogen-bond acceptors (Lipinski definition) is 5. The van der Waals surface area contributed by atoms with Crippen LogP contribution in [0.15, 0.2) is 47.6 Å². The molecule has 1 unspecified atom stereocenters. The SMILES string of the molecule is CN=C(NCc1ccc(OCCCN(C)C)cc1)NC1CCN(c2ncccc2F)C1. The molecular formula is C23H33FN6O. The summed E-state index contributed by atoms with van der Waals surface area (Å²) in [6.07, 6.45) is 3.53. The van der Waals surface area contributed by atoms with E-state index in [0.29, 0.717) is 25.5 Å². The number of nitrogens with zero attached hydrogens (tertiary/aromatic N) is 4. The number of benzene rings is 1. The summed E-state index contributed by atoms with van der Waals surface area (Å²) in [4.78, 5) is 12.6. The van der Waals surface area contributed by atoms with Crippen molar-refractivity contribution in [2.75, 3.05) is 52.3 Å². The van der Waals surface area contributed by atoms with Gasteiger partial charge in [-0.2, -0.15) is 0 Å². The van der Waals surface area contributed by atoms with E-state index in [1.165, 1.54) is 6.07 Å². The molecule has 0 radical (unpaired) electrons. The Kier molecular flexibility index (Phi) is 8.46. The fraction of sp³-hybridized carbons (Fsp3) is 0.478. The zero-order chi connectivity index (χ0) is 22.1. The van der Waals surface area contributed by atoms with Crippen molar-refractivity contribution < 1.29 is 9.13 Å². The predicted octanol–water partition coefficient (Wildman–Crippen LogP) is 2.50. The first-order chi connectivity index (χ1) is 15.0. The number of anilines is 1. The molecule has 1 aromatic carbocycles. The molecule has 1 fully saturated rings. The van der Waals surface area contributed by atoms with Crippen LogP contribution in [0.2, 0.25) is 0 Å². The third kappa shape index (κ3) is 7.10. The molecular weight excluding hydrogens is 395 g/mol. The maximum absolute atomic E-state index is 14.0. The first kappa shape index (κ1) is 22.8. The van der Waals surface area contributed by atoms with Crippen LogP contribution in [-0.4, -0.2) is 69.3 Å². The minimum atomic E-state index is -0.282. The van der Waals surface area contributed by atoms with Gasteiger partial charge in [0.1, 0.15) is 5.75 Å². The van der Waals surface area contributed by atoms with E-state index in [1.54, 1.807) is 19.3 Å². The van der Waals surface area contributed by atoms with Crippen LogP contribution in [0.4, 0.5) is 10.2 Å². The van der Waals surface area contributed by atoms with Gasteiger partial charge in [-0.1, -0.05) is 12.1 Å². The van der Waals surface area contributed by atoms with E-state index in [-0.39, 0.29) is 11.9 Å². The fourth-order valence-electron chi connectivity index (χ4n) is 3.53. The van der Waals surface area contributed by atoms with Gasteiger partial charge in [0.05, 0.1) is 6.61 Å². The van der Waals surface area contributed by atoms with Gasteiger partial charge in [-0.3, -0.25) is 4.99 Å². The van der Waals surface area contributed by atoms with E-state index in [9.17, 15) is 4.39 Å². The molecule has 0 saturated carbocycles. The van der Waals surface area contributed by atoms with Crippen molar-refractivity contribution in [3.8, 4) is 5.75 Å². The van der Waals surface area contributed by atoms with Crippen LogP contribution in [0, 0.1) is 5.82 Å². The van der Waals surface area contributed by atoms with Gasteiger partial charge in [0, 0.05) is 45.5 Å². The van der Waals surface area contributed by atoms with Gasteiger partial charge in [0.15, 0.2) is 17.6 Å². The number of nitrogens with one attached hydrogen (secondary N) is 2. The highest BCUT2D eigenvalue weighted by Gasteiger charge is 2.25. The lowest BCUT2D eigenvalue weighted by Crippen LogP contribution is -2.44. The van der Waals surface area contributed by atoms with Gasteiger partial charge in [-0.15, -0.1) is 0 Å². The lowest BCUT2D eigenvalue weighted by Gasteiger charge is -2.20. The third-order valence-corrected chi connectivity index (χ3v) is 5.19. The Morgan fingerprint density at radius 3 is 2.81 bits per heavy atom. The Labute approximate surface area is 184 Å². The molecule has 31 heavy (non-hydrogen) atoms. The summed E-state index contributed by atoms with van der Waals surface area (Å²) < 4.78 is 19.8. The first-order valence-electron chi connectivity index (χ1n) is 10.7. The first-order valence-corrected chi connectivity index (χ1v) is 10.7. The topological polar surface area (TPSA) is 65.0 Å². The molecule has 1 aromatic heterocycles. The van der Waals surface area contributed by atoms with E-state index in [0.717, 1.165) is 43.2 Å². The molecule has 1 aliphatic rings. The quantitative estimate of drug-likeness (QED) is 0.364. The largest absolute Gasteiger partial charge is 0.494 e. The second-order valence-electron chi connectivity index (χ2n) is 7.96. The smallest absolute Gasteiger partial charge is 0.191 e. The van der Waals surface area contributed by atoms with Gasteiger partial charge < -0.3 is 25.2 Å². The summed E-state index contributed by atoms with van der Waals surface area (Å²) in [7, 11) is 5.88. The fourth-order valence-corrected chi connectivity index (χ4v) is 3.53. The van der Waals surface area contributed by atoms with Crippen molar-refractivity contribution >= 4 is 11.8 Å². The highest BCUT2D eigenvalue weighted by molar-refractivity contribution is 5.80. The maximum Gasteiger partial charge on any atom is 0.191 e. The third-order valence-electron chi connectivity index (χ3n) is 5.19. The van der Waals surface area contributed by atoms with Crippen molar-refractivity contribution in [1.29, 1.82) is 0 Å². The van der Waals surface area contributed by atoms with Gasteiger partial charge in [-0.25, -0.2) is 9.37 Å². The molecule has 1 saturated heterocycles. The minimum Gasteiger partial charge on any atom is -0.494 e. The summed E-state index contributed by atoms with van der Waals surface area (Å²) in [6, 6.07) is 11.4. The number of guanidine groups is 1. The monoisotopic (exact) mass is 428 g/mol. The van der Waals surface area contributed by atoms with Crippen molar-refractivity contribution in [3.05, 3.63) is 54.0 Å². The predicted molar refractivity (Wildman–Crippen MR) is 123 cm³/mol. The Balaban J connectivity index is 1.42. The number of ether oxygens (including phenoxy) is 1. The highest BCUT2D eigenvalue weighted by atomic mass is 19.1. The number of halogens is 1. The second-order valence-corrected chi connectivity index (χ2v) is 7.96. The molecule has 2 aromatic rings. The molecule has 2 N–H and O–H groups in total. The van der Waals surface area contributed by atoms with Gasteiger partial charge in [0.25, 0.3) is 0 Å². The van der Waals surface area contributed by atoms with E-state index in [2.05, 4.69) is 51.7 Å². The van der Waals surface area contributed by atoms with Crippen molar-refractivity contribution in [2.45, 2.75) is 25.4 Å². The van der Waals surface area contributed by atoms with E-state index in [1.807, 2.05) is 17.0 Å². The standard InChI is InChI=1S/C23H33FN6O/c1-25-23(28-19-11-14-30(17-19)22-21(24)6-4-12-26-22)27-16-18-7-9-20(10-8-18)31-15-5-13-29(2)3/h4,6-10,12,19H,5,11,13-17H2,1-3H3,(H2,25,27,28). The van der Waals surface area contributed by atoms with Crippen LogP contribution in [0.5, 0.6) is 5.75 Å². The van der Waals surface area contributed by atoms with Crippen molar-refractivity contribution in [1.82, 2.24) is 20.5 Å². The zero-order valence-electron chi connectivity index (χ0n) is 18.6. The Morgan fingerprint density at radius 2 is 2.10 bits per heavy atom. The summed E-state index contributed by atoms with van der Waals surface area (Å²) in [6.45, 7) is 3.84. The number of pyridine rings is 1. The Bertz CT molecular complexity index is 842. The molecule has 0 aliphatic carbocycles. The maximum atomic E-state index is 14.0. The van der Waals surface area contributed by atoms with E-state index >= 15 is 0 Å². The average Bonchev–Trinajstić information content (AvgIpc) is 3.23. The van der Waals surface area contributed by atoms with Crippen molar-refractivity contribution in [2.24, 2.45) is 4.99 Å².